The molecule has 0 saturated carbocycles. The molecule has 0 bridgehead atoms. The Bertz CT molecular complexity index is 519. The van der Waals surface area contributed by atoms with Gasteiger partial charge in [0.1, 0.15) is 12.4 Å². The van der Waals surface area contributed by atoms with Crippen molar-refractivity contribution in [2.24, 2.45) is 0 Å². The van der Waals surface area contributed by atoms with Gasteiger partial charge in [0.05, 0.1) is 5.69 Å². The van der Waals surface area contributed by atoms with Crippen molar-refractivity contribution in [2.45, 2.75) is 46.3 Å². The smallest absolute Gasteiger partial charge is 0.132 e. The maximum Gasteiger partial charge on any atom is 0.132 e. The minimum Gasteiger partial charge on any atom is -0.487 e. The van der Waals surface area contributed by atoms with Crippen LogP contribution in [0, 0.1) is 0 Å². The molecule has 0 aliphatic rings. The third kappa shape index (κ3) is 3.60. The summed E-state index contributed by atoms with van der Waals surface area (Å²) < 4.78 is 7.79. The number of hydrogen-bond acceptors (Lipinski definition) is 2. The number of aryl methyl sites for hydroxylation is 1. The largest absolute Gasteiger partial charge is 0.487 e. The Labute approximate surface area is 115 Å². The topological polar surface area (TPSA) is 27.1 Å². The zero-order chi connectivity index (χ0) is 13.7. The molecule has 0 radical (unpaired) electrons. The lowest BCUT2D eigenvalue weighted by atomic mass is 10.2. The summed E-state index contributed by atoms with van der Waals surface area (Å²) in [6, 6.07) is 10.7. The normalized spacial score (nSPS) is 12.4. The van der Waals surface area contributed by atoms with E-state index in [2.05, 4.69) is 38.0 Å². The lowest BCUT2D eigenvalue weighted by Crippen LogP contribution is -2.05. The number of hydrogen-bond donors (Lipinski definition) is 0. The van der Waals surface area contributed by atoms with E-state index in [1.807, 2.05) is 29.1 Å². The molecule has 19 heavy (non-hydrogen) atoms. The van der Waals surface area contributed by atoms with Gasteiger partial charge in [0.2, 0.25) is 0 Å². The number of benzene rings is 1. The average Bonchev–Trinajstić information content (AvgIpc) is 2.93. The number of aromatic nitrogens is 2. The summed E-state index contributed by atoms with van der Waals surface area (Å²) in [6.45, 7) is 7.00. The summed E-state index contributed by atoms with van der Waals surface area (Å²) in [5, 5.41) is 4.53. The Morgan fingerprint density at radius 2 is 2.11 bits per heavy atom. The number of rotatable bonds is 6. The van der Waals surface area contributed by atoms with Gasteiger partial charge in [0.15, 0.2) is 0 Å². The molecule has 1 aromatic heterocycles. The van der Waals surface area contributed by atoms with E-state index in [9.17, 15) is 0 Å². The fourth-order valence-electron chi connectivity index (χ4n) is 1.90. The predicted molar refractivity (Wildman–Crippen MR) is 77.4 cm³/mol. The molecule has 0 fully saturated rings. The second-order valence-corrected chi connectivity index (χ2v) is 4.83. The van der Waals surface area contributed by atoms with E-state index in [0.717, 1.165) is 24.3 Å². The van der Waals surface area contributed by atoms with Crippen molar-refractivity contribution in [1.82, 2.24) is 9.78 Å². The zero-order valence-corrected chi connectivity index (χ0v) is 12.0. The zero-order valence-electron chi connectivity index (χ0n) is 12.0. The van der Waals surface area contributed by atoms with Gasteiger partial charge in [-0.05, 0) is 43.5 Å². The maximum atomic E-state index is 5.79. The molecule has 1 unspecified atom stereocenters. The summed E-state index contributed by atoms with van der Waals surface area (Å²) in [5.74, 6) is 0.914. The van der Waals surface area contributed by atoms with Crippen LogP contribution in [0.15, 0.2) is 36.5 Å². The van der Waals surface area contributed by atoms with E-state index in [1.165, 1.54) is 5.56 Å². The molecule has 3 nitrogen and oxygen atoms in total. The standard InChI is InChI=1S/C16H22N2O/c1-4-13(3)18-10-9-15(17-18)12-19-16-8-6-7-14(5-2)11-16/h6-11,13H,4-5,12H2,1-3H3. The minimum absolute atomic E-state index is 0.442. The van der Waals surface area contributed by atoms with Crippen LogP contribution in [0.2, 0.25) is 0 Å². The Morgan fingerprint density at radius 1 is 1.26 bits per heavy atom. The molecule has 102 valence electrons. The van der Waals surface area contributed by atoms with E-state index in [1.54, 1.807) is 0 Å². The molecular weight excluding hydrogens is 236 g/mol. The van der Waals surface area contributed by atoms with Crippen molar-refractivity contribution >= 4 is 0 Å². The maximum absolute atomic E-state index is 5.79. The highest BCUT2D eigenvalue weighted by atomic mass is 16.5. The molecule has 2 aromatic rings. The Balaban J connectivity index is 1.96. The quantitative estimate of drug-likeness (QED) is 0.783. The molecule has 1 atom stereocenters. The molecule has 1 heterocycles. The molecule has 0 aliphatic heterocycles. The van der Waals surface area contributed by atoms with Gasteiger partial charge in [0.25, 0.3) is 0 Å². The first kappa shape index (κ1) is 13.7. The summed E-state index contributed by atoms with van der Waals surface area (Å²) in [5.41, 5.74) is 2.27. The molecule has 0 saturated heterocycles. The van der Waals surface area contributed by atoms with E-state index < -0.39 is 0 Å². The van der Waals surface area contributed by atoms with Gasteiger partial charge in [-0.2, -0.15) is 5.10 Å². The van der Waals surface area contributed by atoms with Crippen molar-refractivity contribution < 1.29 is 4.74 Å². The van der Waals surface area contributed by atoms with Gasteiger partial charge in [-0.25, -0.2) is 0 Å². The van der Waals surface area contributed by atoms with Crippen LogP contribution < -0.4 is 4.74 Å². The highest BCUT2D eigenvalue weighted by molar-refractivity contribution is 5.28. The highest BCUT2D eigenvalue weighted by Crippen LogP contribution is 2.16. The van der Waals surface area contributed by atoms with E-state index in [-0.39, 0.29) is 0 Å². The Kier molecular flexibility index (Phi) is 4.61. The highest BCUT2D eigenvalue weighted by Gasteiger charge is 2.05. The van der Waals surface area contributed by atoms with Crippen molar-refractivity contribution in [3.05, 3.63) is 47.8 Å². The number of nitrogens with zero attached hydrogens (tertiary/aromatic N) is 2. The molecule has 0 spiro atoms. The summed E-state index contributed by atoms with van der Waals surface area (Å²) in [7, 11) is 0. The van der Waals surface area contributed by atoms with Gasteiger partial charge in [0, 0.05) is 12.2 Å². The Hall–Kier alpha value is -1.77. The van der Waals surface area contributed by atoms with Crippen LogP contribution in [-0.4, -0.2) is 9.78 Å². The predicted octanol–water partition coefficient (Wildman–Crippen LogP) is 4.00. The molecular formula is C16H22N2O. The van der Waals surface area contributed by atoms with Gasteiger partial charge >= 0.3 is 0 Å². The van der Waals surface area contributed by atoms with Crippen LogP contribution in [0.3, 0.4) is 0 Å². The first-order valence-corrected chi connectivity index (χ1v) is 6.98. The van der Waals surface area contributed by atoms with Crippen LogP contribution in [0.5, 0.6) is 5.75 Å². The second-order valence-electron chi connectivity index (χ2n) is 4.83. The molecule has 2 rings (SSSR count). The summed E-state index contributed by atoms with van der Waals surface area (Å²) in [4.78, 5) is 0. The number of ether oxygens (including phenoxy) is 1. The first-order valence-electron chi connectivity index (χ1n) is 6.98. The van der Waals surface area contributed by atoms with Gasteiger partial charge < -0.3 is 4.74 Å². The molecule has 1 aromatic carbocycles. The summed E-state index contributed by atoms with van der Waals surface area (Å²) >= 11 is 0. The fourth-order valence-corrected chi connectivity index (χ4v) is 1.90. The molecule has 0 N–H and O–H groups in total. The van der Waals surface area contributed by atoms with Crippen molar-refractivity contribution in [3.63, 3.8) is 0 Å². The molecule has 0 aliphatic carbocycles. The molecule has 3 heteroatoms. The minimum atomic E-state index is 0.442. The molecule has 0 amide bonds. The van der Waals surface area contributed by atoms with Crippen molar-refractivity contribution in [1.29, 1.82) is 0 Å². The lowest BCUT2D eigenvalue weighted by Gasteiger charge is -2.08. The van der Waals surface area contributed by atoms with Crippen LogP contribution >= 0.6 is 0 Å². The lowest BCUT2D eigenvalue weighted by molar-refractivity contribution is 0.298. The third-order valence-electron chi connectivity index (χ3n) is 3.40. The van der Waals surface area contributed by atoms with E-state index >= 15 is 0 Å². The fraction of sp³-hybridized carbons (Fsp3) is 0.438. The van der Waals surface area contributed by atoms with Crippen molar-refractivity contribution in [3.8, 4) is 5.75 Å². The summed E-state index contributed by atoms with van der Waals surface area (Å²) in [6.07, 6.45) is 4.13. The monoisotopic (exact) mass is 258 g/mol. The second kappa shape index (κ2) is 6.41. The average molecular weight is 258 g/mol. The first-order chi connectivity index (χ1) is 9.22. The van der Waals surface area contributed by atoms with Gasteiger partial charge in [-0.3, -0.25) is 4.68 Å². The van der Waals surface area contributed by atoms with Crippen molar-refractivity contribution in [2.75, 3.05) is 0 Å². The van der Waals surface area contributed by atoms with Crippen LogP contribution in [-0.2, 0) is 13.0 Å². The van der Waals surface area contributed by atoms with Gasteiger partial charge in [-0.1, -0.05) is 26.0 Å². The van der Waals surface area contributed by atoms with Crippen LogP contribution in [0.25, 0.3) is 0 Å². The van der Waals surface area contributed by atoms with E-state index in [4.69, 9.17) is 4.74 Å². The SMILES string of the molecule is CCc1cccc(OCc2ccn(C(C)CC)n2)c1. The van der Waals surface area contributed by atoms with Crippen LogP contribution in [0.1, 0.15) is 44.5 Å². The van der Waals surface area contributed by atoms with Gasteiger partial charge in [-0.15, -0.1) is 0 Å². The van der Waals surface area contributed by atoms with E-state index in [0.29, 0.717) is 12.6 Å². The third-order valence-corrected chi connectivity index (χ3v) is 3.40. The Morgan fingerprint density at radius 3 is 2.84 bits per heavy atom. The van der Waals surface area contributed by atoms with Crippen LogP contribution in [0.4, 0.5) is 0 Å².